The van der Waals surface area contributed by atoms with E-state index in [9.17, 15) is 9.59 Å². The van der Waals surface area contributed by atoms with Crippen LogP contribution in [-0.4, -0.2) is 33.5 Å². The van der Waals surface area contributed by atoms with E-state index in [1.165, 1.54) is 18.7 Å². The third-order valence-corrected chi connectivity index (χ3v) is 5.54. The van der Waals surface area contributed by atoms with Crippen LogP contribution in [0, 0.1) is 6.92 Å². The molecule has 5 nitrogen and oxygen atoms in total. The molecule has 6 heteroatoms. The molecule has 2 aromatic carbocycles. The monoisotopic (exact) mass is 419 g/mol. The average Bonchev–Trinajstić information content (AvgIpc) is 2.73. The molecule has 0 radical (unpaired) electrons. The molecule has 0 fully saturated rings. The van der Waals surface area contributed by atoms with E-state index in [4.69, 9.17) is 0 Å². The average molecular weight is 420 g/mol. The van der Waals surface area contributed by atoms with Crippen LogP contribution in [-0.2, 0) is 11.2 Å². The Hall–Kier alpha value is -2.99. The number of aryl methyl sites for hydroxylation is 1. The van der Waals surface area contributed by atoms with Gasteiger partial charge in [0.2, 0.25) is 5.91 Å². The summed E-state index contributed by atoms with van der Waals surface area (Å²) in [5.74, 6) is 0.00113. The smallest absolute Gasteiger partial charge is 0.216 e. The number of hydrogen-bond donors (Lipinski definition) is 1. The normalized spacial score (nSPS) is 11.7. The lowest BCUT2D eigenvalue weighted by molar-refractivity contribution is -0.118. The summed E-state index contributed by atoms with van der Waals surface area (Å²) in [6.07, 6.45) is 0.734. The second-order valence-electron chi connectivity index (χ2n) is 7.10. The minimum absolute atomic E-state index is 0.0403. The molecular formula is C24H25N3O2S. The van der Waals surface area contributed by atoms with Crippen molar-refractivity contribution >= 4 is 23.5 Å². The Morgan fingerprint density at radius 1 is 1.03 bits per heavy atom. The van der Waals surface area contributed by atoms with E-state index >= 15 is 0 Å². The summed E-state index contributed by atoms with van der Waals surface area (Å²) >= 11 is 1.37. The third kappa shape index (κ3) is 6.00. The van der Waals surface area contributed by atoms with Gasteiger partial charge in [-0.05, 0) is 31.9 Å². The quantitative estimate of drug-likeness (QED) is 0.331. The zero-order valence-electron chi connectivity index (χ0n) is 17.4. The van der Waals surface area contributed by atoms with Crippen molar-refractivity contribution in [1.82, 2.24) is 15.3 Å². The molecule has 3 rings (SSSR count). The molecule has 1 heterocycles. The van der Waals surface area contributed by atoms with E-state index in [-0.39, 0.29) is 16.9 Å². The summed E-state index contributed by atoms with van der Waals surface area (Å²) in [5, 5.41) is 3.07. The van der Waals surface area contributed by atoms with Gasteiger partial charge in [0.15, 0.2) is 10.9 Å². The van der Waals surface area contributed by atoms with Crippen LogP contribution in [0.3, 0.4) is 0 Å². The minimum atomic E-state index is -0.305. The SMILES string of the molecule is CC(=O)NCCc1ccc(C(=O)[C@@H](C)Sc2nc(C)cc(-c3ccccc3)n2)cc1. The van der Waals surface area contributed by atoms with Crippen molar-refractivity contribution in [2.75, 3.05) is 6.54 Å². The Kier molecular flexibility index (Phi) is 7.36. The van der Waals surface area contributed by atoms with Gasteiger partial charge in [0, 0.05) is 30.3 Å². The standard InChI is InChI=1S/C24H25N3O2S/c1-16-15-22(20-7-5-4-6-8-20)27-24(26-16)30-17(2)23(29)21-11-9-19(10-12-21)13-14-25-18(3)28/h4-12,15,17H,13-14H2,1-3H3,(H,25,28)/t17-/m1/s1. The van der Waals surface area contributed by atoms with Crippen LogP contribution in [0.15, 0.2) is 65.8 Å². The fourth-order valence-electron chi connectivity index (χ4n) is 3.02. The van der Waals surface area contributed by atoms with E-state index < -0.39 is 0 Å². The van der Waals surface area contributed by atoms with E-state index in [1.54, 1.807) is 0 Å². The van der Waals surface area contributed by atoms with Gasteiger partial charge in [-0.1, -0.05) is 66.4 Å². The number of aromatic nitrogens is 2. The van der Waals surface area contributed by atoms with Crippen LogP contribution in [0.5, 0.6) is 0 Å². The van der Waals surface area contributed by atoms with Crippen LogP contribution in [0.1, 0.15) is 35.5 Å². The summed E-state index contributed by atoms with van der Waals surface area (Å²) in [6.45, 7) is 5.90. The van der Waals surface area contributed by atoms with Gasteiger partial charge in [0.25, 0.3) is 0 Å². The summed E-state index contributed by atoms with van der Waals surface area (Å²) in [4.78, 5) is 33.0. The molecular weight excluding hydrogens is 394 g/mol. The fraction of sp³-hybridized carbons (Fsp3) is 0.250. The Morgan fingerprint density at radius 3 is 2.40 bits per heavy atom. The zero-order chi connectivity index (χ0) is 21.5. The predicted molar refractivity (Wildman–Crippen MR) is 121 cm³/mol. The molecule has 0 aliphatic heterocycles. The highest BCUT2D eigenvalue weighted by Crippen LogP contribution is 2.26. The number of amides is 1. The van der Waals surface area contributed by atoms with Crippen LogP contribution in [0.25, 0.3) is 11.3 Å². The highest BCUT2D eigenvalue weighted by molar-refractivity contribution is 8.00. The van der Waals surface area contributed by atoms with Crippen molar-refractivity contribution in [3.63, 3.8) is 0 Å². The van der Waals surface area contributed by atoms with E-state index in [2.05, 4.69) is 15.3 Å². The Morgan fingerprint density at radius 2 is 1.73 bits per heavy atom. The summed E-state index contributed by atoms with van der Waals surface area (Å²) < 4.78 is 0. The molecule has 0 aliphatic carbocycles. The van der Waals surface area contributed by atoms with Gasteiger partial charge >= 0.3 is 0 Å². The van der Waals surface area contributed by atoms with Gasteiger partial charge in [-0.3, -0.25) is 9.59 Å². The number of benzene rings is 2. The number of rotatable bonds is 8. The molecule has 3 aromatic rings. The molecule has 1 amide bonds. The van der Waals surface area contributed by atoms with Gasteiger partial charge in [-0.2, -0.15) is 0 Å². The maximum absolute atomic E-state index is 12.9. The maximum Gasteiger partial charge on any atom is 0.216 e. The van der Waals surface area contributed by atoms with Crippen LogP contribution < -0.4 is 5.32 Å². The Bertz CT molecular complexity index is 1020. The van der Waals surface area contributed by atoms with Crippen molar-refractivity contribution in [3.05, 3.63) is 77.5 Å². The number of nitrogens with one attached hydrogen (secondary N) is 1. The number of thioether (sulfide) groups is 1. The molecule has 1 atom stereocenters. The molecule has 0 saturated heterocycles. The molecule has 0 bridgehead atoms. The number of nitrogens with zero attached hydrogens (tertiary/aromatic N) is 2. The van der Waals surface area contributed by atoms with Crippen molar-refractivity contribution in [2.24, 2.45) is 0 Å². The second kappa shape index (κ2) is 10.2. The van der Waals surface area contributed by atoms with E-state index in [0.29, 0.717) is 17.3 Å². The lowest BCUT2D eigenvalue weighted by atomic mass is 10.0. The van der Waals surface area contributed by atoms with Crippen molar-refractivity contribution < 1.29 is 9.59 Å². The van der Waals surface area contributed by atoms with Crippen molar-refractivity contribution in [3.8, 4) is 11.3 Å². The van der Waals surface area contributed by atoms with Crippen molar-refractivity contribution in [2.45, 2.75) is 37.6 Å². The van der Waals surface area contributed by atoms with E-state index in [1.807, 2.05) is 74.5 Å². The molecule has 0 unspecified atom stereocenters. The van der Waals surface area contributed by atoms with Gasteiger partial charge in [0.05, 0.1) is 10.9 Å². The van der Waals surface area contributed by atoms with Gasteiger partial charge < -0.3 is 5.32 Å². The molecule has 154 valence electrons. The first kappa shape index (κ1) is 21.7. The Labute approximate surface area is 181 Å². The summed E-state index contributed by atoms with van der Waals surface area (Å²) in [6, 6.07) is 19.5. The number of ketones is 1. The van der Waals surface area contributed by atoms with Crippen LogP contribution in [0.2, 0.25) is 0 Å². The summed E-state index contributed by atoms with van der Waals surface area (Å²) in [5.41, 5.74) is 4.49. The maximum atomic E-state index is 12.9. The number of carbonyl (C=O) groups excluding carboxylic acids is 2. The van der Waals surface area contributed by atoms with Crippen molar-refractivity contribution in [1.29, 1.82) is 0 Å². The van der Waals surface area contributed by atoms with Gasteiger partial charge in [-0.25, -0.2) is 9.97 Å². The highest BCUT2D eigenvalue weighted by Gasteiger charge is 2.18. The molecule has 0 spiro atoms. The molecule has 30 heavy (non-hydrogen) atoms. The lowest BCUT2D eigenvalue weighted by Crippen LogP contribution is -2.22. The molecule has 1 aromatic heterocycles. The number of Topliss-reactive ketones (excluding diaryl/α,β-unsaturated/α-hetero) is 1. The van der Waals surface area contributed by atoms with Gasteiger partial charge in [0.1, 0.15) is 0 Å². The second-order valence-corrected chi connectivity index (χ2v) is 8.41. The predicted octanol–water partition coefficient (Wildman–Crippen LogP) is 4.49. The van der Waals surface area contributed by atoms with E-state index in [0.717, 1.165) is 28.9 Å². The molecule has 0 aliphatic rings. The Balaban J connectivity index is 1.67. The lowest BCUT2D eigenvalue weighted by Gasteiger charge is -2.11. The fourth-order valence-corrected chi connectivity index (χ4v) is 3.92. The van der Waals surface area contributed by atoms with Crippen LogP contribution in [0.4, 0.5) is 0 Å². The minimum Gasteiger partial charge on any atom is -0.356 e. The highest BCUT2D eigenvalue weighted by atomic mass is 32.2. The largest absolute Gasteiger partial charge is 0.356 e. The number of carbonyl (C=O) groups is 2. The topological polar surface area (TPSA) is 72.0 Å². The molecule has 1 N–H and O–H groups in total. The molecule has 0 saturated carbocycles. The van der Waals surface area contributed by atoms with Crippen LogP contribution >= 0.6 is 11.8 Å². The first-order chi connectivity index (χ1) is 14.4. The van der Waals surface area contributed by atoms with Gasteiger partial charge in [-0.15, -0.1) is 0 Å². The zero-order valence-corrected chi connectivity index (χ0v) is 18.2. The summed E-state index contributed by atoms with van der Waals surface area (Å²) in [7, 11) is 0. The third-order valence-electron chi connectivity index (χ3n) is 4.58. The number of hydrogen-bond acceptors (Lipinski definition) is 5. The first-order valence-corrected chi connectivity index (χ1v) is 10.8. The first-order valence-electron chi connectivity index (χ1n) is 9.88.